The van der Waals surface area contributed by atoms with Gasteiger partial charge in [-0.2, -0.15) is 5.10 Å². The number of nitro benzene ring substituents is 1. The number of benzene rings is 3. The molecule has 0 aliphatic carbocycles. The van der Waals surface area contributed by atoms with Crippen molar-refractivity contribution in [1.82, 2.24) is 5.43 Å². The molecular formula is C22H16Cl2N4O5. The van der Waals surface area contributed by atoms with Gasteiger partial charge in [-0.15, -0.1) is 0 Å². The Balaban J connectivity index is 1.50. The van der Waals surface area contributed by atoms with Crippen LogP contribution in [0.5, 0.6) is 5.75 Å². The van der Waals surface area contributed by atoms with Crippen molar-refractivity contribution < 1.29 is 19.2 Å². The van der Waals surface area contributed by atoms with Gasteiger partial charge in [0.25, 0.3) is 17.5 Å². The van der Waals surface area contributed by atoms with Gasteiger partial charge in [0.1, 0.15) is 11.3 Å². The summed E-state index contributed by atoms with van der Waals surface area (Å²) in [5.41, 5.74) is 2.97. The fraction of sp³-hybridized carbons (Fsp3) is 0.0455. The first kappa shape index (κ1) is 23.7. The van der Waals surface area contributed by atoms with E-state index in [0.29, 0.717) is 27.0 Å². The molecule has 0 fully saturated rings. The van der Waals surface area contributed by atoms with Crippen molar-refractivity contribution in [3.05, 3.63) is 98.0 Å². The molecule has 0 bridgehead atoms. The predicted octanol–water partition coefficient (Wildman–Crippen LogP) is 4.68. The summed E-state index contributed by atoms with van der Waals surface area (Å²) >= 11 is 11.8. The van der Waals surface area contributed by atoms with Crippen LogP contribution in [-0.4, -0.2) is 29.6 Å². The normalized spacial score (nSPS) is 10.6. The highest BCUT2D eigenvalue weighted by Crippen LogP contribution is 2.25. The average Bonchev–Trinajstić information content (AvgIpc) is 2.81. The van der Waals surface area contributed by atoms with Crippen LogP contribution in [0.4, 0.5) is 11.4 Å². The number of nitrogens with one attached hydrogen (secondary N) is 2. The Labute approximate surface area is 198 Å². The number of rotatable bonds is 8. The Bertz CT molecular complexity index is 1220. The van der Waals surface area contributed by atoms with Crippen LogP contribution in [0.3, 0.4) is 0 Å². The van der Waals surface area contributed by atoms with Gasteiger partial charge in [0.2, 0.25) is 0 Å². The Hall–Kier alpha value is -3.95. The molecule has 2 N–H and O–H groups in total. The Morgan fingerprint density at radius 2 is 1.76 bits per heavy atom. The van der Waals surface area contributed by atoms with Crippen LogP contribution in [0.2, 0.25) is 10.0 Å². The number of nitrogens with zero attached hydrogens (tertiary/aromatic N) is 2. The summed E-state index contributed by atoms with van der Waals surface area (Å²) in [5, 5.41) is 18.2. The Kier molecular flexibility index (Phi) is 7.96. The average molecular weight is 487 g/mol. The van der Waals surface area contributed by atoms with E-state index in [1.165, 1.54) is 36.5 Å². The molecule has 33 heavy (non-hydrogen) atoms. The van der Waals surface area contributed by atoms with Crippen LogP contribution in [0.15, 0.2) is 71.8 Å². The molecule has 0 aromatic heterocycles. The first-order valence-electron chi connectivity index (χ1n) is 9.38. The van der Waals surface area contributed by atoms with Gasteiger partial charge in [0.15, 0.2) is 6.61 Å². The molecule has 0 atom stereocenters. The van der Waals surface area contributed by atoms with Gasteiger partial charge in [0, 0.05) is 11.8 Å². The molecular weight excluding hydrogens is 471 g/mol. The SMILES string of the molecule is O=C(COc1ccc(/C=N\NC(=O)c2ccccc2[N+](=O)[O-])cc1)Nc1ccc(Cl)c(Cl)c1. The second-order valence-corrected chi connectivity index (χ2v) is 7.32. The molecule has 0 saturated carbocycles. The molecule has 0 unspecified atom stereocenters. The number of halogens is 2. The maximum absolute atomic E-state index is 12.1. The van der Waals surface area contributed by atoms with Crippen molar-refractivity contribution in [2.24, 2.45) is 5.10 Å². The molecule has 3 aromatic rings. The van der Waals surface area contributed by atoms with E-state index in [2.05, 4.69) is 15.8 Å². The number of nitro groups is 1. The quantitative estimate of drug-likeness (QED) is 0.271. The van der Waals surface area contributed by atoms with Gasteiger partial charge in [0.05, 0.1) is 21.2 Å². The highest BCUT2D eigenvalue weighted by Gasteiger charge is 2.18. The number of amides is 2. The summed E-state index contributed by atoms with van der Waals surface area (Å²) < 4.78 is 5.44. The molecule has 3 aromatic carbocycles. The fourth-order valence-corrected chi connectivity index (χ4v) is 2.92. The number of ether oxygens (including phenoxy) is 1. The Morgan fingerprint density at radius 3 is 2.45 bits per heavy atom. The third kappa shape index (κ3) is 6.76. The van der Waals surface area contributed by atoms with Gasteiger partial charge >= 0.3 is 0 Å². The van der Waals surface area contributed by atoms with E-state index in [0.717, 1.165) is 0 Å². The van der Waals surface area contributed by atoms with Crippen molar-refractivity contribution in [3.8, 4) is 5.75 Å². The van der Waals surface area contributed by atoms with Crippen LogP contribution in [0.1, 0.15) is 15.9 Å². The molecule has 2 amide bonds. The highest BCUT2D eigenvalue weighted by molar-refractivity contribution is 6.42. The minimum Gasteiger partial charge on any atom is -0.484 e. The molecule has 0 radical (unpaired) electrons. The van der Waals surface area contributed by atoms with E-state index in [9.17, 15) is 19.7 Å². The molecule has 0 aliphatic heterocycles. The first-order chi connectivity index (χ1) is 15.8. The van der Waals surface area contributed by atoms with Crippen molar-refractivity contribution in [2.75, 3.05) is 11.9 Å². The molecule has 0 spiro atoms. The number of hydrazone groups is 1. The van der Waals surface area contributed by atoms with Crippen molar-refractivity contribution in [1.29, 1.82) is 0 Å². The van der Waals surface area contributed by atoms with Gasteiger partial charge in [-0.3, -0.25) is 19.7 Å². The summed E-state index contributed by atoms with van der Waals surface area (Å²) in [6.45, 7) is -0.223. The topological polar surface area (TPSA) is 123 Å². The summed E-state index contributed by atoms with van der Waals surface area (Å²) in [6.07, 6.45) is 1.37. The van der Waals surface area contributed by atoms with Crippen LogP contribution in [0.25, 0.3) is 0 Å². The van der Waals surface area contributed by atoms with Crippen molar-refractivity contribution >= 4 is 52.6 Å². The van der Waals surface area contributed by atoms with Crippen molar-refractivity contribution in [3.63, 3.8) is 0 Å². The van der Waals surface area contributed by atoms with Crippen LogP contribution < -0.4 is 15.5 Å². The third-order valence-corrected chi connectivity index (χ3v) is 4.92. The lowest BCUT2D eigenvalue weighted by Crippen LogP contribution is -2.20. The highest BCUT2D eigenvalue weighted by atomic mass is 35.5. The zero-order valence-corrected chi connectivity index (χ0v) is 18.3. The summed E-state index contributed by atoms with van der Waals surface area (Å²) in [6, 6.07) is 16.9. The van der Waals surface area contributed by atoms with E-state index >= 15 is 0 Å². The molecule has 168 valence electrons. The lowest BCUT2D eigenvalue weighted by atomic mass is 10.2. The number of carbonyl (C=O) groups is 2. The number of carbonyl (C=O) groups excluding carboxylic acids is 2. The fourth-order valence-electron chi connectivity index (χ4n) is 2.62. The Morgan fingerprint density at radius 1 is 1.03 bits per heavy atom. The molecule has 0 heterocycles. The molecule has 9 nitrogen and oxygen atoms in total. The van der Waals surface area contributed by atoms with Gasteiger partial charge in [-0.25, -0.2) is 5.43 Å². The van der Waals surface area contributed by atoms with Crippen LogP contribution in [0, 0.1) is 10.1 Å². The third-order valence-electron chi connectivity index (χ3n) is 4.18. The van der Waals surface area contributed by atoms with E-state index in [-0.39, 0.29) is 23.8 Å². The van der Waals surface area contributed by atoms with E-state index in [4.69, 9.17) is 27.9 Å². The number of anilines is 1. The molecule has 0 aliphatic rings. The molecule has 0 saturated heterocycles. The second-order valence-electron chi connectivity index (χ2n) is 6.51. The second kappa shape index (κ2) is 11.1. The molecule has 11 heteroatoms. The lowest BCUT2D eigenvalue weighted by molar-refractivity contribution is -0.385. The standard InChI is InChI=1S/C22H16Cl2N4O5/c23-18-10-7-15(11-19(18)24)26-21(29)13-33-16-8-5-14(6-9-16)12-25-27-22(30)17-3-1-2-4-20(17)28(31)32/h1-12H,13H2,(H,26,29)(H,27,30)/b25-12-. The maximum atomic E-state index is 12.1. The molecule has 3 rings (SSSR count). The van der Waals surface area contributed by atoms with E-state index < -0.39 is 10.8 Å². The largest absolute Gasteiger partial charge is 0.484 e. The maximum Gasteiger partial charge on any atom is 0.282 e. The van der Waals surface area contributed by atoms with Gasteiger partial charge in [-0.05, 0) is 54.1 Å². The summed E-state index contributed by atoms with van der Waals surface area (Å²) in [5.74, 6) is -0.636. The van der Waals surface area contributed by atoms with Gasteiger partial charge in [-0.1, -0.05) is 35.3 Å². The monoisotopic (exact) mass is 486 g/mol. The summed E-state index contributed by atoms with van der Waals surface area (Å²) in [4.78, 5) is 34.5. The smallest absolute Gasteiger partial charge is 0.282 e. The zero-order valence-electron chi connectivity index (χ0n) is 16.8. The lowest BCUT2D eigenvalue weighted by Gasteiger charge is -2.08. The van der Waals surface area contributed by atoms with Crippen molar-refractivity contribution in [2.45, 2.75) is 0 Å². The number of hydrogen-bond acceptors (Lipinski definition) is 6. The van der Waals surface area contributed by atoms with E-state index in [1.54, 1.807) is 36.4 Å². The minimum atomic E-state index is -0.702. The van der Waals surface area contributed by atoms with Crippen LogP contribution >= 0.6 is 23.2 Å². The first-order valence-corrected chi connectivity index (χ1v) is 10.1. The zero-order chi connectivity index (χ0) is 23.8. The minimum absolute atomic E-state index is 0.0949. The number of para-hydroxylation sites is 1. The van der Waals surface area contributed by atoms with E-state index in [1.807, 2.05) is 0 Å². The summed E-state index contributed by atoms with van der Waals surface area (Å²) in [7, 11) is 0. The predicted molar refractivity (Wildman–Crippen MR) is 125 cm³/mol. The van der Waals surface area contributed by atoms with Gasteiger partial charge < -0.3 is 10.1 Å². The van der Waals surface area contributed by atoms with Crippen LogP contribution in [-0.2, 0) is 4.79 Å². The number of hydrogen-bond donors (Lipinski definition) is 2.